The molecule has 7 heteroatoms. The zero-order chi connectivity index (χ0) is 15.5. The highest BCUT2D eigenvalue weighted by atomic mass is 19.1. The topological polar surface area (TPSA) is 67.6 Å². The molecule has 0 bridgehead atoms. The molecule has 116 valence electrons. The summed E-state index contributed by atoms with van der Waals surface area (Å²) in [7, 11) is 0. The second kappa shape index (κ2) is 6.25. The number of halogens is 1. The monoisotopic (exact) mass is 305 g/mol. The van der Waals surface area contributed by atoms with Crippen molar-refractivity contribution in [3.8, 4) is 5.69 Å². The third-order valence-corrected chi connectivity index (χ3v) is 3.62. The van der Waals surface area contributed by atoms with E-state index in [2.05, 4.69) is 5.10 Å². The van der Waals surface area contributed by atoms with Gasteiger partial charge in [0.25, 0.3) is 0 Å². The number of hydrogen-bond acceptors (Lipinski definition) is 4. The average molecular weight is 305 g/mol. The fourth-order valence-electron chi connectivity index (χ4n) is 2.49. The van der Waals surface area contributed by atoms with Crippen LogP contribution in [0.4, 0.5) is 4.39 Å². The number of carboxylic acids is 1. The van der Waals surface area contributed by atoms with Crippen molar-refractivity contribution in [1.29, 1.82) is 0 Å². The van der Waals surface area contributed by atoms with Gasteiger partial charge in [0.2, 0.25) is 0 Å². The molecule has 6 nitrogen and oxygen atoms in total. The molecule has 0 spiro atoms. The van der Waals surface area contributed by atoms with Crippen molar-refractivity contribution >= 4 is 5.97 Å². The highest BCUT2D eigenvalue weighted by molar-refractivity contribution is 5.73. The summed E-state index contributed by atoms with van der Waals surface area (Å²) in [6, 6.07) is 5.50. The van der Waals surface area contributed by atoms with Gasteiger partial charge in [-0.2, -0.15) is 5.10 Å². The van der Waals surface area contributed by atoms with Gasteiger partial charge in [0, 0.05) is 24.8 Å². The van der Waals surface area contributed by atoms with Gasteiger partial charge in [-0.25, -0.2) is 9.07 Å². The molecule has 1 aliphatic heterocycles. The van der Waals surface area contributed by atoms with Crippen molar-refractivity contribution in [2.24, 2.45) is 0 Å². The zero-order valence-corrected chi connectivity index (χ0v) is 11.9. The summed E-state index contributed by atoms with van der Waals surface area (Å²) in [6.45, 7) is 1.73. The fraction of sp³-hybridized carbons (Fsp3) is 0.333. The van der Waals surface area contributed by atoms with E-state index in [1.165, 1.54) is 12.1 Å². The Hall–Kier alpha value is -2.25. The number of ether oxygens (including phenoxy) is 1. The van der Waals surface area contributed by atoms with Crippen LogP contribution in [-0.2, 0) is 16.1 Å². The zero-order valence-electron chi connectivity index (χ0n) is 11.9. The van der Waals surface area contributed by atoms with E-state index in [0.717, 1.165) is 5.56 Å². The Morgan fingerprint density at radius 3 is 3.14 bits per heavy atom. The van der Waals surface area contributed by atoms with Gasteiger partial charge in [-0.05, 0) is 18.2 Å². The Morgan fingerprint density at radius 1 is 1.50 bits per heavy atom. The highest BCUT2D eigenvalue weighted by Gasteiger charge is 2.29. The van der Waals surface area contributed by atoms with Crippen LogP contribution < -0.4 is 0 Å². The molecule has 22 heavy (non-hydrogen) atoms. The Bertz CT molecular complexity index is 674. The number of nitrogens with zero attached hydrogens (tertiary/aromatic N) is 3. The van der Waals surface area contributed by atoms with E-state index in [0.29, 0.717) is 25.4 Å². The molecule has 2 heterocycles. The Morgan fingerprint density at radius 2 is 2.36 bits per heavy atom. The number of morpholine rings is 1. The number of aromatic nitrogens is 2. The van der Waals surface area contributed by atoms with Gasteiger partial charge >= 0.3 is 5.97 Å². The predicted molar refractivity (Wildman–Crippen MR) is 76.2 cm³/mol. The number of aliphatic carboxylic acids is 1. The molecule has 0 radical (unpaired) electrons. The number of hydrogen-bond donors (Lipinski definition) is 1. The van der Waals surface area contributed by atoms with Gasteiger partial charge in [-0.3, -0.25) is 9.69 Å². The van der Waals surface area contributed by atoms with E-state index in [1.54, 1.807) is 29.2 Å². The first kappa shape index (κ1) is 14.7. The smallest absolute Gasteiger partial charge is 0.323 e. The first-order valence-corrected chi connectivity index (χ1v) is 6.97. The first-order valence-electron chi connectivity index (χ1n) is 6.97. The molecular formula is C15H16FN3O3. The van der Waals surface area contributed by atoms with Crippen molar-refractivity contribution in [2.75, 3.05) is 19.8 Å². The van der Waals surface area contributed by atoms with Crippen LogP contribution in [0.5, 0.6) is 0 Å². The van der Waals surface area contributed by atoms with Crippen molar-refractivity contribution in [3.05, 3.63) is 48.0 Å². The van der Waals surface area contributed by atoms with Crippen molar-refractivity contribution in [3.63, 3.8) is 0 Å². The number of benzene rings is 1. The van der Waals surface area contributed by atoms with E-state index in [-0.39, 0.29) is 12.4 Å². The van der Waals surface area contributed by atoms with Gasteiger partial charge in [0.1, 0.15) is 11.9 Å². The van der Waals surface area contributed by atoms with Gasteiger partial charge in [-0.1, -0.05) is 6.07 Å². The van der Waals surface area contributed by atoms with E-state index in [4.69, 9.17) is 4.74 Å². The SMILES string of the molecule is O=C(O)[C@H]1COCCN1Cc1cnn(-c2cccc(F)c2)c1. The average Bonchev–Trinajstić information content (AvgIpc) is 2.96. The maximum Gasteiger partial charge on any atom is 0.323 e. The molecule has 0 unspecified atom stereocenters. The summed E-state index contributed by atoms with van der Waals surface area (Å²) in [4.78, 5) is 13.1. The molecule has 1 aromatic carbocycles. The minimum absolute atomic E-state index is 0.188. The summed E-state index contributed by atoms with van der Waals surface area (Å²) in [5, 5.41) is 13.4. The normalized spacial score (nSPS) is 19.2. The molecule has 1 aliphatic rings. The third kappa shape index (κ3) is 3.15. The molecule has 0 aliphatic carbocycles. The molecule has 1 atom stereocenters. The second-order valence-corrected chi connectivity index (χ2v) is 5.17. The van der Waals surface area contributed by atoms with Gasteiger partial charge in [-0.15, -0.1) is 0 Å². The highest BCUT2D eigenvalue weighted by Crippen LogP contribution is 2.15. The second-order valence-electron chi connectivity index (χ2n) is 5.17. The lowest BCUT2D eigenvalue weighted by Gasteiger charge is -2.32. The molecule has 1 N–H and O–H groups in total. The number of carbonyl (C=O) groups is 1. The van der Waals surface area contributed by atoms with E-state index in [1.807, 2.05) is 4.90 Å². The van der Waals surface area contributed by atoms with Crippen LogP contribution in [0.25, 0.3) is 5.69 Å². The standard InChI is InChI=1S/C15H16FN3O3/c16-12-2-1-3-13(6-12)19-9-11(7-17-19)8-18-4-5-22-10-14(18)15(20)21/h1-3,6-7,9,14H,4-5,8,10H2,(H,20,21)/t14-/m1/s1. The van der Waals surface area contributed by atoms with Crippen LogP contribution in [0.2, 0.25) is 0 Å². The minimum Gasteiger partial charge on any atom is -0.480 e. The van der Waals surface area contributed by atoms with Gasteiger partial charge in [0.15, 0.2) is 0 Å². The lowest BCUT2D eigenvalue weighted by atomic mass is 10.2. The molecule has 1 aromatic heterocycles. The van der Waals surface area contributed by atoms with E-state index in [9.17, 15) is 14.3 Å². The maximum absolute atomic E-state index is 13.2. The van der Waals surface area contributed by atoms with Gasteiger partial charge < -0.3 is 9.84 Å². The summed E-state index contributed by atoms with van der Waals surface area (Å²) < 4.78 is 20.0. The molecule has 3 rings (SSSR count). The van der Waals surface area contributed by atoms with Crippen LogP contribution in [0, 0.1) is 5.82 Å². The van der Waals surface area contributed by atoms with E-state index < -0.39 is 12.0 Å². The minimum atomic E-state index is -0.891. The molecule has 0 amide bonds. The van der Waals surface area contributed by atoms with Gasteiger partial charge in [0.05, 0.1) is 25.1 Å². The summed E-state index contributed by atoms with van der Waals surface area (Å²) in [6.07, 6.45) is 3.45. The summed E-state index contributed by atoms with van der Waals surface area (Å²) in [5.74, 6) is -1.22. The van der Waals surface area contributed by atoms with Crippen molar-refractivity contribution < 1.29 is 19.0 Å². The predicted octanol–water partition coefficient (Wildman–Crippen LogP) is 1.30. The lowest BCUT2D eigenvalue weighted by molar-refractivity contribution is -0.150. The van der Waals surface area contributed by atoms with Crippen molar-refractivity contribution in [1.82, 2.24) is 14.7 Å². The molecular weight excluding hydrogens is 289 g/mol. The number of carboxylic acid groups (broad SMARTS) is 1. The lowest BCUT2D eigenvalue weighted by Crippen LogP contribution is -2.49. The van der Waals surface area contributed by atoms with Crippen LogP contribution in [-0.4, -0.2) is 51.6 Å². The Kier molecular flexibility index (Phi) is 4.17. The fourth-order valence-corrected chi connectivity index (χ4v) is 2.49. The van der Waals surface area contributed by atoms with E-state index >= 15 is 0 Å². The van der Waals surface area contributed by atoms with Crippen molar-refractivity contribution in [2.45, 2.75) is 12.6 Å². The van der Waals surface area contributed by atoms with Crippen LogP contribution in [0.1, 0.15) is 5.56 Å². The Balaban J connectivity index is 1.75. The summed E-state index contributed by atoms with van der Waals surface area (Å²) in [5.41, 5.74) is 1.50. The molecule has 2 aromatic rings. The van der Waals surface area contributed by atoms with Crippen LogP contribution in [0.3, 0.4) is 0 Å². The van der Waals surface area contributed by atoms with Crippen LogP contribution >= 0.6 is 0 Å². The molecule has 1 fully saturated rings. The number of rotatable bonds is 4. The largest absolute Gasteiger partial charge is 0.480 e. The molecule has 1 saturated heterocycles. The third-order valence-electron chi connectivity index (χ3n) is 3.62. The maximum atomic E-state index is 13.2. The van der Waals surface area contributed by atoms with Crippen LogP contribution in [0.15, 0.2) is 36.7 Å². The molecule has 0 saturated carbocycles. The first-order chi connectivity index (χ1) is 10.6. The Labute approximate surface area is 126 Å². The quantitative estimate of drug-likeness (QED) is 0.922. The summed E-state index contributed by atoms with van der Waals surface area (Å²) >= 11 is 0.